The molecule has 4 rings (SSSR count). The smallest absolute Gasteiger partial charge is 0.223 e. The largest absolute Gasteiger partial charge is 0.352 e. The summed E-state index contributed by atoms with van der Waals surface area (Å²) in [5.74, 6) is -0.122. The first-order valence-electron chi connectivity index (χ1n) is 11.4. The van der Waals surface area contributed by atoms with Gasteiger partial charge in [0, 0.05) is 19.0 Å². The number of hydrogen-bond donors (Lipinski definition) is 1. The maximum Gasteiger partial charge on any atom is 0.223 e. The molecule has 0 spiro atoms. The fourth-order valence-electron chi connectivity index (χ4n) is 4.43. The molecule has 0 bridgehead atoms. The highest BCUT2D eigenvalue weighted by molar-refractivity contribution is 5.78. The van der Waals surface area contributed by atoms with E-state index in [-0.39, 0.29) is 17.6 Å². The molecule has 0 atom stereocenters. The minimum atomic E-state index is -0.225. The number of nitrogens with one attached hydrogen (secondary N) is 1. The van der Waals surface area contributed by atoms with Crippen LogP contribution < -0.4 is 5.32 Å². The summed E-state index contributed by atoms with van der Waals surface area (Å²) in [6, 6.07) is 22.4. The molecule has 0 radical (unpaired) electrons. The molecule has 1 fully saturated rings. The van der Waals surface area contributed by atoms with E-state index in [1.165, 1.54) is 28.3 Å². The maximum atomic E-state index is 13.7. The fraction of sp³-hybridized carbons (Fsp3) is 0.321. The maximum absolute atomic E-state index is 13.7. The minimum absolute atomic E-state index is 0.0276. The number of benzene rings is 3. The molecule has 3 aromatic carbocycles. The minimum Gasteiger partial charge on any atom is -0.352 e. The van der Waals surface area contributed by atoms with Crippen molar-refractivity contribution >= 4 is 5.91 Å². The molecule has 0 aliphatic carbocycles. The van der Waals surface area contributed by atoms with Crippen LogP contribution in [0.2, 0.25) is 0 Å². The van der Waals surface area contributed by atoms with E-state index in [1.54, 1.807) is 13.0 Å². The summed E-state index contributed by atoms with van der Waals surface area (Å²) in [6.45, 7) is 6.98. The van der Waals surface area contributed by atoms with Crippen LogP contribution in [0.1, 0.15) is 35.1 Å². The predicted molar refractivity (Wildman–Crippen MR) is 128 cm³/mol. The molecule has 166 valence electrons. The number of likely N-dealkylation sites (tertiary alicyclic amines) is 1. The normalized spacial score (nSPS) is 15.0. The Morgan fingerprint density at radius 1 is 0.938 bits per heavy atom. The first-order chi connectivity index (χ1) is 15.5. The Morgan fingerprint density at radius 2 is 1.72 bits per heavy atom. The molecule has 0 unspecified atom stereocenters. The number of hydrogen-bond acceptors (Lipinski definition) is 2. The zero-order valence-electron chi connectivity index (χ0n) is 18.9. The Balaban J connectivity index is 1.28. The SMILES string of the molecule is Cc1ccc(CNC(=O)C2CCN(Cc3cccc(-c4ccccc4C)c3)CC2)cc1F. The van der Waals surface area contributed by atoms with Gasteiger partial charge >= 0.3 is 0 Å². The van der Waals surface area contributed by atoms with Crippen molar-refractivity contribution in [1.82, 2.24) is 10.2 Å². The Kier molecular flexibility index (Phi) is 7.01. The van der Waals surface area contributed by atoms with Crippen molar-refractivity contribution in [3.63, 3.8) is 0 Å². The molecule has 0 saturated carbocycles. The average Bonchev–Trinajstić information content (AvgIpc) is 2.80. The van der Waals surface area contributed by atoms with Crippen molar-refractivity contribution in [1.29, 1.82) is 0 Å². The standard InChI is InChI=1S/C28H31FN2O/c1-20-6-3-4-9-26(20)25-8-5-7-23(16-25)19-31-14-12-24(13-15-31)28(32)30-18-22-11-10-21(2)27(29)17-22/h3-11,16-17,24H,12-15,18-19H2,1-2H3,(H,30,32). The third kappa shape index (κ3) is 5.43. The van der Waals surface area contributed by atoms with Gasteiger partial charge in [-0.25, -0.2) is 4.39 Å². The number of piperidine rings is 1. The molecule has 3 nitrogen and oxygen atoms in total. The summed E-state index contributed by atoms with van der Waals surface area (Å²) in [5, 5.41) is 2.99. The van der Waals surface area contributed by atoms with E-state index in [0.717, 1.165) is 38.0 Å². The van der Waals surface area contributed by atoms with Crippen molar-refractivity contribution < 1.29 is 9.18 Å². The third-order valence-corrected chi connectivity index (χ3v) is 6.45. The number of halogens is 1. The van der Waals surface area contributed by atoms with Crippen molar-refractivity contribution in [2.75, 3.05) is 13.1 Å². The summed E-state index contributed by atoms with van der Waals surface area (Å²) in [7, 11) is 0. The van der Waals surface area contributed by atoms with Gasteiger partial charge in [-0.3, -0.25) is 9.69 Å². The second kappa shape index (κ2) is 10.1. The molecule has 4 heteroatoms. The topological polar surface area (TPSA) is 32.3 Å². The molecule has 32 heavy (non-hydrogen) atoms. The number of nitrogens with zero attached hydrogens (tertiary/aromatic N) is 1. The van der Waals surface area contributed by atoms with Gasteiger partial charge in [-0.2, -0.15) is 0 Å². The molecule has 1 amide bonds. The van der Waals surface area contributed by atoms with Crippen LogP contribution in [0.15, 0.2) is 66.7 Å². The summed E-state index contributed by atoms with van der Waals surface area (Å²) in [4.78, 5) is 15.0. The highest BCUT2D eigenvalue weighted by atomic mass is 19.1. The Morgan fingerprint density at radius 3 is 2.47 bits per heavy atom. The van der Waals surface area contributed by atoms with Gasteiger partial charge in [0.15, 0.2) is 0 Å². The van der Waals surface area contributed by atoms with Gasteiger partial charge in [0.05, 0.1) is 0 Å². The van der Waals surface area contributed by atoms with Gasteiger partial charge in [0.25, 0.3) is 0 Å². The van der Waals surface area contributed by atoms with E-state index in [1.807, 2.05) is 6.07 Å². The molecule has 1 aliphatic rings. The second-order valence-corrected chi connectivity index (χ2v) is 8.87. The summed E-state index contributed by atoms with van der Waals surface area (Å²) in [5.41, 5.74) is 6.53. The number of amides is 1. The van der Waals surface area contributed by atoms with Crippen molar-refractivity contribution in [3.8, 4) is 11.1 Å². The van der Waals surface area contributed by atoms with Crippen LogP contribution in [0.4, 0.5) is 4.39 Å². The number of rotatable bonds is 6. The van der Waals surface area contributed by atoms with E-state index < -0.39 is 0 Å². The van der Waals surface area contributed by atoms with Crippen LogP contribution >= 0.6 is 0 Å². The van der Waals surface area contributed by atoms with Crippen LogP contribution in [0.3, 0.4) is 0 Å². The lowest BCUT2D eigenvalue weighted by atomic mass is 9.95. The van der Waals surface area contributed by atoms with E-state index in [9.17, 15) is 9.18 Å². The molecular weight excluding hydrogens is 399 g/mol. The van der Waals surface area contributed by atoms with Crippen LogP contribution in [0.25, 0.3) is 11.1 Å². The van der Waals surface area contributed by atoms with Gasteiger partial charge in [0.1, 0.15) is 5.82 Å². The second-order valence-electron chi connectivity index (χ2n) is 8.87. The van der Waals surface area contributed by atoms with E-state index in [0.29, 0.717) is 12.1 Å². The summed E-state index contributed by atoms with van der Waals surface area (Å²) < 4.78 is 13.7. The zero-order valence-corrected chi connectivity index (χ0v) is 18.9. The first-order valence-corrected chi connectivity index (χ1v) is 11.4. The quantitative estimate of drug-likeness (QED) is 0.549. The number of carbonyl (C=O) groups excluding carboxylic acids is 1. The first kappa shape index (κ1) is 22.2. The highest BCUT2D eigenvalue weighted by Crippen LogP contribution is 2.25. The molecule has 3 aromatic rings. The van der Waals surface area contributed by atoms with Gasteiger partial charge in [-0.05, 0) is 85.3 Å². The molecular formula is C28H31FN2O. The van der Waals surface area contributed by atoms with E-state index in [2.05, 4.69) is 65.7 Å². The van der Waals surface area contributed by atoms with Crippen LogP contribution in [0.5, 0.6) is 0 Å². The highest BCUT2D eigenvalue weighted by Gasteiger charge is 2.24. The van der Waals surface area contributed by atoms with Crippen molar-refractivity contribution in [2.24, 2.45) is 5.92 Å². The van der Waals surface area contributed by atoms with Crippen molar-refractivity contribution in [3.05, 3.63) is 94.8 Å². The molecule has 1 N–H and O–H groups in total. The van der Waals surface area contributed by atoms with Crippen molar-refractivity contribution in [2.45, 2.75) is 39.8 Å². The number of aryl methyl sites for hydroxylation is 2. The number of carbonyl (C=O) groups is 1. The van der Waals surface area contributed by atoms with Crippen LogP contribution in [-0.2, 0) is 17.9 Å². The molecule has 1 aliphatic heterocycles. The zero-order chi connectivity index (χ0) is 22.5. The van der Waals surface area contributed by atoms with Gasteiger partial charge in [0.2, 0.25) is 5.91 Å². The average molecular weight is 431 g/mol. The summed E-state index contributed by atoms with van der Waals surface area (Å²) in [6.07, 6.45) is 1.71. The van der Waals surface area contributed by atoms with Crippen LogP contribution in [0, 0.1) is 25.6 Å². The molecule has 0 aromatic heterocycles. The van der Waals surface area contributed by atoms with Crippen LogP contribution in [-0.4, -0.2) is 23.9 Å². The Bertz CT molecular complexity index is 1090. The Hall–Kier alpha value is -2.98. The Labute approximate surface area is 190 Å². The third-order valence-electron chi connectivity index (χ3n) is 6.45. The van der Waals surface area contributed by atoms with Gasteiger partial charge in [-0.15, -0.1) is 0 Å². The molecule has 1 heterocycles. The van der Waals surface area contributed by atoms with Gasteiger partial charge in [-0.1, -0.05) is 54.6 Å². The van der Waals surface area contributed by atoms with Gasteiger partial charge < -0.3 is 5.32 Å². The fourth-order valence-corrected chi connectivity index (χ4v) is 4.43. The summed E-state index contributed by atoms with van der Waals surface area (Å²) >= 11 is 0. The monoisotopic (exact) mass is 430 g/mol. The van der Waals surface area contributed by atoms with E-state index >= 15 is 0 Å². The molecule has 1 saturated heterocycles. The lowest BCUT2D eigenvalue weighted by Gasteiger charge is -2.31. The predicted octanol–water partition coefficient (Wildman–Crippen LogP) is 5.64. The lowest BCUT2D eigenvalue weighted by molar-refractivity contribution is -0.126. The van der Waals surface area contributed by atoms with E-state index in [4.69, 9.17) is 0 Å². The lowest BCUT2D eigenvalue weighted by Crippen LogP contribution is -2.40.